The van der Waals surface area contributed by atoms with Crippen molar-refractivity contribution in [3.63, 3.8) is 0 Å². The number of hydrogen-bond acceptors (Lipinski definition) is 4. The zero-order valence-corrected chi connectivity index (χ0v) is 8.95. The van der Waals surface area contributed by atoms with Gasteiger partial charge in [-0.25, -0.2) is 4.98 Å². The maximum absolute atomic E-state index is 11.4. The van der Waals surface area contributed by atoms with Crippen molar-refractivity contribution in [2.45, 2.75) is 32.8 Å². The zero-order valence-electron chi connectivity index (χ0n) is 8.95. The van der Waals surface area contributed by atoms with Gasteiger partial charge in [-0.1, -0.05) is 13.3 Å². The molecule has 1 aromatic rings. The van der Waals surface area contributed by atoms with Crippen molar-refractivity contribution in [1.82, 2.24) is 20.5 Å². The van der Waals surface area contributed by atoms with E-state index < -0.39 is 6.10 Å². The Morgan fingerprint density at radius 2 is 2.40 bits per heavy atom. The first-order valence-corrected chi connectivity index (χ1v) is 4.98. The van der Waals surface area contributed by atoms with Crippen molar-refractivity contribution in [3.05, 3.63) is 11.6 Å². The van der Waals surface area contributed by atoms with Gasteiger partial charge in [0.2, 0.25) is 5.82 Å². The van der Waals surface area contributed by atoms with Crippen LogP contribution in [0.3, 0.4) is 0 Å². The van der Waals surface area contributed by atoms with Crippen LogP contribution in [-0.4, -0.2) is 38.8 Å². The fourth-order valence-electron chi connectivity index (χ4n) is 1.17. The standard InChI is InChI=1S/C9H16N4O2/c1-3-4-7(14)5-10-9(15)8-11-6(2)12-13-8/h7,14H,3-5H2,1-2H3,(H,10,15)(H,11,12,13). The summed E-state index contributed by atoms with van der Waals surface area (Å²) in [5.74, 6) is 0.333. The Balaban J connectivity index is 2.36. The third-order valence-electron chi connectivity index (χ3n) is 1.92. The molecule has 0 radical (unpaired) electrons. The van der Waals surface area contributed by atoms with Crippen LogP contribution in [-0.2, 0) is 0 Å². The van der Waals surface area contributed by atoms with E-state index in [4.69, 9.17) is 0 Å². The predicted octanol–water partition coefficient (Wildman–Crippen LogP) is 0.00392. The summed E-state index contributed by atoms with van der Waals surface area (Å²) in [7, 11) is 0. The Morgan fingerprint density at radius 1 is 1.67 bits per heavy atom. The highest BCUT2D eigenvalue weighted by atomic mass is 16.3. The molecule has 0 aliphatic heterocycles. The SMILES string of the molecule is CCCC(O)CNC(=O)c1n[nH]c(C)n1. The number of carbonyl (C=O) groups is 1. The van der Waals surface area contributed by atoms with Gasteiger partial charge in [0.15, 0.2) is 0 Å². The van der Waals surface area contributed by atoms with Gasteiger partial charge in [0, 0.05) is 6.54 Å². The third kappa shape index (κ3) is 3.67. The van der Waals surface area contributed by atoms with Crippen LogP contribution in [0.25, 0.3) is 0 Å². The molecule has 0 bridgehead atoms. The second-order valence-corrected chi connectivity index (χ2v) is 3.40. The van der Waals surface area contributed by atoms with E-state index in [0.717, 1.165) is 6.42 Å². The topological polar surface area (TPSA) is 90.9 Å². The van der Waals surface area contributed by atoms with E-state index in [1.165, 1.54) is 0 Å². The molecule has 1 amide bonds. The Labute approximate surface area is 88.1 Å². The molecule has 84 valence electrons. The lowest BCUT2D eigenvalue weighted by Crippen LogP contribution is -2.32. The fourth-order valence-corrected chi connectivity index (χ4v) is 1.17. The largest absolute Gasteiger partial charge is 0.391 e. The molecule has 0 spiro atoms. The summed E-state index contributed by atoms with van der Waals surface area (Å²) >= 11 is 0. The second kappa shape index (κ2) is 5.45. The molecule has 0 aromatic carbocycles. The highest BCUT2D eigenvalue weighted by Gasteiger charge is 2.12. The maximum Gasteiger partial charge on any atom is 0.291 e. The third-order valence-corrected chi connectivity index (χ3v) is 1.92. The van der Waals surface area contributed by atoms with Crippen LogP contribution in [0.2, 0.25) is 0 Å². The van der Waals surface area contributed by atoms with Crippen molar-refractivity contribution < 1.29 is 9.90 Å². The van der Waals surface area contributed by atoms with Gasteiger partial charge in [-0.2, -0.15) is 0 Å². The first-order chi connectivity index (χ1) is 7.13. The molecule has 6 nitrogen and oxygen atoms in total. The van der Waals surface area contributed by atoms with E-state index in [1.54, 1.807) is 6.92 Å². The van der Waals surface area contributed by atoms with Crippen LogP contribution in [0.5, 0.6) is 0 Å². The van der Waals surface area contributed by atoms with Gasteiger partial charge in [0.25, 0.3) is 5.91 Å². The molecule has 15 heavy (non-hydrogen) atoms. The van der Waals surface area contributed by atoms with E-state index in [-0.39, 0.29) is 18.3 Å². The fraction of sp³-hybridized carbons (Fsp3) is 0.667. The van der Waals surface area contributed by atoms with E-state index in [0.29, 0.717) is 12.2 Å². The molecule has 1 rings (SSSR count). The average molecular weight is 212 g/mol. The highest BCUT2D eigenvalue weighted by molar-refractivity contribution is 5.90. The van der Waals surface area contributed by atoms with E-state index in [1.807, 2.05) is 6.92 Å². The number of nitrogens with zero attached hydrogens (tertiary/aromatic N) is 2. The molecule has 1 heterocycles. The number of carbonyl (C=O) groups excluding carboxylic acids is 1. The van der Waals surface area contributed by atoms with Gasteiger partial charge in [-0.15, -0.1) is 5.10 Å². The summed E-state index contributed by atoms with van der Waals surface area (Å²) in [5, 5.41) is 18.2. The summed E-state index contributed by atoms with van der Waals surface area (Å²) < 4.78 is 0. The molecule has 0 saturated carbocycles. The van der Waals surface area contributed by atoms with Crippen LogP contribution in [0, 0.1) is 6.92 Å². The monoisotopic (exact) mass is 212 g/mol. The minimum Gasteiger partial charge on any atom is -0.391 e. The molecule has 1 atom stereocenters. The molecule has 6 heteroatoms. The number of aliphatic hydroxyl groups excluding tert-OH is 1. The highest BCUT2D eigenvalue weighted by Crippen LogP contribution is 1.95. The molecule has 3 N–H and O–H groups in total. The van der Waals surface area contributed by atoms with E-state index >= 15 is 0 Å². The van der Waals surface area contributed by atoms with Gasteiger partial charge >= 0.3 is 0 Å². The average Bonchev–Trinajstić information content (AvgIpc) is 2.62. The van der Waals surface area contributed by atoms with Crippen molar-refractivity contribution in [1.29, 1.82) is 0 Å². The second-order valence-electron chi connectivity index (χ2n) is 3.40. The van der Waals surface area contributed by atoms with Crippen LogP contribution < -0.4 is 5.32 Å². The normalized spacial score (nSPS) is 12.5. The van der Waals surface area contributed by atoms with Crippen molar-refractivity contribution in [2.75, 3.05) is 6.54 Å². The van der Waals surface area contributed by atoms with Crippen LogP contribution >= 0.6 is 0 Å². The molecular weight excluding hydrogens is 196 g/mol. The first kappa shape index (κ1) is 11.6. The van der Waals surface area contributed by atoms with Crippen molar-refractivity contribution >= 4 is 5.91 Å². The van der Waals surface area contributed by atoms with Gasteiger partial charge in [-0.05, 0) is 13.3 Å². The molecule has 1 unspecified atom stereocenters. The smallest absolute Gasteiger partial charge is 0.291 e. The Bertz CT molecular complexity index is 324. The molecule has 0 aliphatic rings. The number of aromatic amines is 1. The van der Waals surface area contributed by atoms with Crippen LogP contribution in [0.15, 0.2) is 0 Å². The molecule has 1 aromatic heterocycles. The summed E-state index contributed by atoms with van der Waals surface area (Å²) in [5.41, 5.74) is 0. The summed E-state index contributed by atoms with van der Waals surface area (Å²) in [6, 6.07) is 0. The lowest BCUT2D eigenvalue weighted by molar-refractivity contribution is 0.0900. The number of nitrogens with one attached hydrogen (secondary N) is 2. The maximum atomic E-state index is 11.4. The Morgan fingerprint density at radius 3 is 2.93 bits per heavy atom. The van der Waals surface area contributed by atoms with E-state index in [2.05, 4.69) is 20.5 Å². The van der Waals surface area contributed by atoms with Crippen LogP contribution in [0.4, 0.5) is 0 Å². The number of amides is 1. The predicted molar refractivity (Wildman–Crippen MR) is 54.4 cm³/mol. The minimum atomic E-state index is -0.501. The Hall–Kier alpha value is -1.43. The van der Waals surface area contributed by atoms with Crippen LogP contribution in [0.1, 0.15) is 36.2 Å². The zero-order chi connectivity index (χ0) is 11.3. The first-order valence-electron chi connectivity index (χ1n) is 4.98. The Kier molecular flexibility index (Phi) is 4.23. The van der Waals surface area contributed by atoms with E-state index in [9.17, 15) is 9.90 Å². The number of rotatable bonds is 5. The lowest BCUT2D eigenvalue weighted by atomic mass is 10.2. The molecular formula is C9H16N4O2. The summed E-state index contributed by atoms with van der Waals surface area (Å²) in [4.78, 5) is 15.3. The van der Waals surface area contributed by atoms with Gasteiger partial charge < -0.3 is 10.4 Å². The number of hydrogen-bond donors (Lipinski definition) is 3. The number of H-pyrrole nitrogens is 1. The van der Waals surface area contributed by atoms with Gasteiger partial charge in [0.1, 0.15) is 5.82 Å². The lowest BCUT2D eigenvalue weighted by Gasteiger charge is -2.08. The molecule has 0 fully saturated rings. The van der Waals surface area contributed by atoms with Gasteiger partial charge in [-0.3, -0.25) is 9.89 Å². The number of aromatic nitrogens is 3. The van der Waals surface area contributed by atoms with Crippen molar-refractivity contribution in [2.24, 2.45) is 0 Å². The quantitative estimate of drug-likeness (QED) is 0.641. The summed E-state index contributed by atoms with van der Waals surface area (Å²) in [6.07, 6.45) is 1.06. The number of aryl methyl sites for hydroxylation is 1. The minimum absolute atomic E-state index is 0.108. The summed E-state index contributed by atoms with van der Waals surface area (Å²) in [6.45, 7) is 3.93. The molecule has 0 aliphatic carbocycles. The molecule has 0 saturated heterocycles. The van der Waals surface area contributed by atoms with Gasteiger partial charge in [0.05, 0.1) is 6.10 Å². The van der Waals surface area contributed by atoms with Crippen molar-refractivity contribution in [3.8, 4) is 0 Å². The number of aliphatic hydroxyl groups is 1.